The predicted octanol–water partition coefficient (Wildman–Crippen LogP) is 2.54. The van der Waals surface area contributed by atoms with Gasteiger partial charge in [0.2, 0.25) is 0 Å². The molecule has 1 aromatic rings. The van der Waals surface area contributed by atoms with Crippen LogP contribution in [0.3, 0.4) is 0 Å². The molecule has 1 aromatic carbocycles. The quantitative estimate of drug-likeness (QED) is 0.771. The maximum Gasteiger partial charge on any atom is 0.161 e. The Morgan fingerprint density at radius 3 is 2.65 bits per heavy atom. The van der Waals surface area contributed by atoms with Gasteiger partial charge in [-0.15, -0.1) is 0 Å². The van der Waals surface area contributed by atoms with Crippen LogP contribution in [0.1, 0.15) is 19.4 Å². The summed E-state index contributed by atoms with van der Waals surface area (Å²) in [5.74, 6) is 1.48. The first-order valence-corrected chi connectivity index (χ1v) is 5.72. The number of nitrogens with two attached hydrogens (primary N) is 1. The monoisotopic (exact) mass is 235 g/mol. The third-order valence-corrected chi connectivity index (χ3v) is 2.26. The van der Waals surface area contributed by atoms with Crippen molar-refractivity contribution in [2.45, 2.75) is 26.3 Å². The van der Waals surface area contributed by atoms with E-state index in [1.807, 2.05) is 32.0 Å². The second-order valence-electron chi connectivity index (χ2n) is 4.41. The van der Waals surface area contributed by atoms with Crippen LogP contribution in [-0.4, -0.2) is 19.8 Å². The van der Waals surface area contributed by atoms with Gasteiger partial charge in [0.15, 0.2) is 11.5 Å². The van der Waals surface area contributed by atoms with Gasteiger partial charge in [-0.2, -0.15) is 0 Å². The van der Waals surface area contributed by atoms with E-state index in [1.54, 1.807) is 7.11 Å². The van der Waals surface area contributed by atoms with Crippen LogP contribution in [0.4, 0.5) is 0 Å². The molecule has 2 N–H and O–H groups in total. The Morgan fingerprint density at radius 1 is 1.41 bits per heavy atom. The summed E-state index contributed by atoms with van der Waals surface area (Å²) >= 11 is 0. The second-order valence-corrected chi connectivity index (χ2v) is 4.41. The molecule has 0 amide bonds. The van der Waals surface area contributed by atoms with Crippen molar-refractivity contribution in [3.63, 3.8) is 0 Å². The van der Waals surface area contributed by atoms with Gasteiger partial charge >= 0.3 is 0 Å². The van der Waals surface area contributed by atoms with E-state index in [4.69, 9.17) is 15.2 Å². The highest BCUT2D eigenvalue weighted by atomic mass is 16.5. The Bertz CT molecular complexity index is 386. The van der Waals surface area contributed by atoms with Crippen molar-refractivity contribution in [2.75, 3.05) is 13.7 Å². The Morgan fingerprint density at radius 2 is 2.12 bits per heavy atom. The zero-order chi connectivity index (χ0) is 12.8. The molecule has 0 aliphatic carbocycles. The summed E-state index contributed by atoms with van der Waals surface area (Å²) in [6, 6.07) is 6.03. The summed E-state index contributed by atoms with van der Waals surface area (Å²) in [5, 5.41) is 0. The summed E-state index contributed by atoms with van der Waals surface area (Å²) in [6.45, 7) is 8.22. The van der Waals surface area contributed by atoms with Crippen LogP contribution in [-0.2, 0) is 6.42 Å². The lowest BCUT2D eigenvalue weighted by molar-refractivity contribution is 0.319. The van der Waals surface area contributed by atoms with Crippen LogP contribution < -0.4 is 15.2 Å². The van der Waals surface area contributed by atoms with E-state index >= 15 is 0 Å². The molecule has 0 fully saturated rings. The van der Waals surface area contributed by atoms with Gasteiger partial charge in [-0.05, 0) is 43.5 Å². The number of benzene rings is 1. The number of hydrogen-bond donors (Lipinski definition) is 1. The zero-order valence-electron chi connectivity index (χ0n) is 10.8. The molecule has 94 valence electrons. The summed E-state index contributed by atoms with van der Waals surface area (Å²) in [5.41, 5.74) is 7.91. The standard InChI is InChI=1S/C14H21NO2/c1-10(2)9-17-14-8-12(7-11(3)15)5-6-13(14)16-4/h5-6,8,11H,1,7,9,15H2,2-4H3. The van der Waals surface area contributed by atoms with Gasteiger partial charge < -0.3 is 15.2 Å². The fourth-order valence-electron chi connectivity index (χ4n) is 1.53. The third-order valence-electron chi connectivity index (χ3n) is 2.26. The first-order chi connectivity index (χ1) is 8.02. The van der Waals surface area contributed by atoms with Gasteiger partial charge in [0.25, 0.3) is 0 Å². The zero-order valence-corrected chi connectivity index (χ0v) is 10.8. The molecule has 0 aliphatic heterocycles. The molecule has 0 spiro atoms. The smallest absolute Gasteiger partial charge is 0.161 e. The molecule has 1 rings (SSSR count). The molecule has 3 nitrogen and oxygen atoms in total. The predicted molar refractivity (Wildman–Crippen MR) is 70.7 cm³/mol. The second kappa shape index (κ2) is 6.30. The van der Waals surface area contributed by atoms with Crippen LogP contribution in [0.5, 0.6) is 11.5 Å². The maximum atomic E-state index is 5.78. The molecular formula is C14H21NO2. The first kappa shape index (κ1) is 13.6. The van der Waals surface area contributed by atoms with Gasteiger partial charge in [0.1, 0.15) is 6.61 Å². The Kier molecular flexibility index (Phi) is 5.04. The molecule has 0 saturated carbocycles. The van der Waals surface area contributed by atoms with Gasteiger partial charge in [0.05, 0.1) is 7.11 Å². The summed E-state index contributed by atoms with van der Waals surface area (Å²) in [6.07, 6.45) is 0.827. The summed E-state index contributed by atoms with van der Waals surface area (Å²) < 4.78 is 10.9. The van der Waals surface area contributed by atoms with Crippen molar-refractivity contribution < 1.29 is 9.47 Å². The van der Waals surface area contributed by atoms with Crippen LogP contribution in [0.25, 0.3) is 0 Å². The van der Waals surface area contributed by atoms with Gasteiger partial charge in [-0.3, -0.25) is 0 Å². The summed E-state index contributed by atoms with van der Waals surface area (Å²) in [7, 11) is 1.63. The normalized spacial score (nSPS) is 12.0. The lowest BCUT2D eigenvalue weighted by Gasteiger charge is -2.13. The van der Waals surface area contributed by atoms with E-state index < -0.39 is 0 Å². The molecule has 1 atom stereocenters. The van der Waals surface area contributed by atoms with E-state index in [1.165, 1.54) is 0 Å². The van der Waals surface area contributed by atoms with E-state index in [2.05, 4.69) is 6.58 Å². The average Bonchev–Trinajstić information content (AvgIpc) is 2.25. The third kappa shape index (κ3) is 4.49. The molecule has 3 heteroatoms. The van der Waals surface area contributed by atoms with Gasteiger partial charge in [0, 0.05) is 6.04 Å². The van der Waals surface area contributed by atoms with Crippen molar-refractivity contribution >= 4 is 0 Å². The fourth-order valence-corrected chi connectivity index (χ4v) is 1.53. The van der Waals surface area contributed by atoms with Crippen molar-refractivity contribution in [3.8, 4) is 11.5 Å². The largest absolute Gasteiger partial charge is 0.493 e. The van der Waals surface area contributed by atoms with E-state index in [0.29, 0.717) is 6.61 Å². The minimum absolute atomic E-state index is 0.136. The summed E-state index contributed by atoms with van der Waals surface area (Å²) in [4.78, 5) is 0. The van der Waals surface area contributed by atoms with Crippen LogP contribution in [0.15, 0.2) is 30.4 Å². The highest BCUT2D eigenvalue weighted by molar-refractivity contribution is 5.43. The Labute approximate surface area is 103 Å². The van der Waals surface area contributed by atoms with E-state index in [0.717, 1.165) is 29.1 Å². The number of rotatable bonds is 6. The Hall–Kier alpha value is -1.48. The lowest BCUT2D eigenvalue weighted by atomic mass is 10.1. The highest BCUT2D eigenvalue weighted by Gasteiger charge is 2.07. The Balaban J connectivity index is 2.85. The van der Waals surface area contributed by atoms with Crippen LogP contribution in [0.2, 0.25) is 0 Å². The molecule has 0 aliphatic rings. The fraction of sp³-hybridized carbons (Fsp3) is 0.429. The van der Waals surface area contributed by atoms with Crippen LogP contribution >= 0.6 is 0 Å². The number of methoxy groups -OCH3 is 1. The van der Waals surface area contributed by atoms with E-state index in [-0.39, 0.29) is 6.04 Å². The topological polar surface area (TPSA) is 44.5 Å². The molecule has 0 heterocycles. The van der Waals surface area contributed by atoms with Crippen molar-refractivity contribution in [2.24, 2.45) is 5.73 Å². The van der Waals surface area contributed by atoms with Crippen LogP contribution in [0, 0.1) is 0 Å². The molecule has 17 heavy (non-hydrogen) atoms. The molecular weight excluding hydrogens is 214 g/mol. The molecule has 0 bridgehead atoms. The van der Waals surface area contributed by atoms with E-state index in [9.17, 15) is 0 Å². The van der Waals surface area contributed by atoms with Gasteiger partial charge in [-0.1, -0.05) is 12.6 Å². The highest BCUT2D eigenvalue weighted by Crippen LogP contribution is 2.28. The van der Waals surface area contributed by atoms with Crippen molar-refractivity contribution in [3.05, 3.63) is 35.9 Å². The average molecular weight is 235 g/mol. The maximum absolute atomic E-state index is 5.78. The van der Waals surface area contributed by atoms with Crippen molar-refractivity contribution in [1.82, 2.24) is 0 Å². The lowest BCUT2D eigenvalue weighted by Crippen LogP contribution is -2.17. The molecule has 0 radical (unpaired) electrons. The SMILES string of the molecule is C=C(C)COc1cc(CC(C)N)ccc1OC. The minimum Gasteiger partial charge on any atom is -0.493 e. The molecule has 0 aromatic heterocycles. The van der Waals surface area contributed by atoms with Crippen molar-refractivity contribution in [1.29, 1.82) is 0 Å². The number of ether oxygens (including phenoxy) is 2. The molecule has 0 saturated heterocycles. The minimum atomic E-state index is 0.136. The molecule has 1 unspecified atom stereocenters. The number of hydrogen-bond acceptors (Lipinski definition) is 3. The van der Waals surface area contributed by atoms with Gasteiger partial charge in [-0.25, -0.2) is 0 Å². The first-order valence-electron chi connectivity index (χ1n) is 5.72.